The molecule has 0 atom stereocenters. The molecule has 0 unspecified atom stereocenters. The zero-order valence-corrected chi connectivity index (χ0v) is 73.4. The Morgan fingerprint density at radius 1 is 0.496 bits per heavy atom. The summed E-state index contributed by atoms with van der Waals surface area (Å²) in [6.45, 7) is 20.3. The van der Waals surface area contributed by atoms with E-state index in [-0.39, 0.29) is 133 Å². The van der Waals surface area contributed by atoms with Gasteiger partial charge in [0.05, 0.1) is 126 Å². The molecule has 0 aliphatic carbocycles. The van der Waals surface area contributed by atoms with Crippen LogP contribution in [0.3, 0.4) is 0 Å². The third kappa shape index (κ3) is 25.2. The Morgan fingerprint density at radius 2 is 0.846 bits per heavy atom. The molecule has 3 aliphatic heterocycles. The van der Waals surface area contributed by atoms with Crippen molar-refractivity contribution in [3.8, 4) is 34.5 Å². The summed E-state index contributed by atoms with van der Waals surface area (Å²) < 4.78 is 109. The fraction of sp³-hybridized carbons (Fsp3) is 0.221. The van der Waals surface area contributed by atoms with E-state index in [9.17, 15) is 50.3 Å². The number of fused-ring (bicyclic) bond motifs is 5. The second-order valence-corrected chi connectivity index (χ2v) is 28.9. The minimum absolute atomic E-state index is 0. The van der Waals surface area contributed by atoms with Crippen molar-refractivity contribution in [1.29, 1.82) is 0 Å². The topological polar surface area (TPSA) is 269 Å². The largest absolute Gasteiger partial charge is 0.492 e. The van der Waals surface area contributed by atoms with Crippen LogP contribution in [0.1, 0.15) is 95.3 Å². The number of aldehydes is 1. The minimum Gasteiger partial charge on any atom is -0.492 e. The fourth-order valence-corrected chi connectivity index (χ4v) is 14.6. The number of rotatable bonds is 15. The lowest BCUT2D eigenvalue weighted by Gasteiger charge is -2.30. The highest BCUT2D eigenvalue weighted by Gasteiger charge is 2.36. The number of aromatic nitrogens is 2. The van der Waals surface area contributed by atoms with Crippen LogP contribution in [0, 0.1) is 48.0 Å². The van der Waals surface area contributed by atoms with Crippen LogP contribution in [0.25, 0.3) is 31.5 Å². The molecule has 0 fully saturated rings. The Bertz CT molecular complexity index is 5520. The lowest BCUT2D eigenvalue weighted by Crippen LogP contribution is -2.35. The first-order valence-electron chi connectivity index (χ1n) is 35.9. The number of aliphatic hydroxyl groups is 1. The molecule has 6 N–H and O–H groups in total. The predicted molar refractivity (Wildman–Crippen MR) is 468 cm³/mol. The lowest BCUT2D eigenvalue weighted by atomic mass is 9.99. The van der Waals surface area contributed by atoms with Gasteiger partial charge in [-0.05, 0) is 137 Å². The number of hydrogen-bond donors (Lipinski definition) is 4. The van der Waals surface area contributed by atoms with Crippen molar-refractivity contribution in [2.75, 3.05) is 61.1 Å². The molecule has 4 amide bonds. The SMILES string of the molecule is COc1c(F)cc(C=O)cc1Cl.COc1c(F)cc(CN)cc1Cl.COc1c(F)cc(CN)cc1Cl.COc1c(F)cc(CN2C(=O)c3ccccc3C2=O)cc1Cl.COc1c(F)cc(CO)cc1Cl.Cl.Cl.[C-]#[N+]c1ccc2nc3c(c(Cl)c2c1)CN(C(C)=O)CC3.[C-]#[N+]c1ccc2nc3c(c(NCc4cc(F)c(OC)c(Cl)c4)c2c1)CN(C(C)=O)CC3. The summed E-state index contributed by atoms with van der Waals surface area (Å²) in [5.41, 5.74) is 21.4. The number of nitrogens with one attached hydrogen (secondary N) is 1. The summed E-state index contributed by atoms with van der Waals surface area (Å²) in [7, 11) is 8.06. The highest BCUT2D eigenvalue weighted by molar-refractivity contribution is 6.36. The van der Waals surface area contributed by atoms with Crippen molar-refractivity contribution in [3.63, 3.8) is 0 Å². The molecule has 0 saturated heterocycles. The van der Waals surface area contributed by atoms with Gasteiger partial charge < -0.3 is 60.1 Å². The second kappa shape index (κ2) is 47.2. The molecule has 22 nitrogen and oxygen atoms in total. The van der Waals surface area contributed by atoms with Gasteiger partial charge in [0.1, 0.15) is 6.29 Å². The van der Waals surface area contributed by atoms with Gasteiger partial charge in [-0.25, -0.2) is 36.0 Å². The van der Waals surface area contributed by atoms with Crippen molar-refractivity contribution in [2.45, 2.75) is 72.6 Å². The molecule has 37 heteroatoms. The maximum atomic E-state index is 14.3. The number of carbonyl (C=O) groups excluding carboxylic acids is 5. The molecular formula is C86H77Cl9F6N10O12. The molecule has 0 radical (unpaired) electrons. The van der Waals surface area contributed by atoms with E-state index in [0.717, 1.165) is 67.4 Å². The molecule has 9 aromatic carbocycles. The summed E-state index contributed by atoms with van der Waals surface area (Å²) in [6.07, 6.45) is 1.89. The highest BCUT2D eigenvalue weighted by atomic mass is 35.5. The molecule has 5 heterocycles. The van der Waals surface area contributed by atoms with Gasteiger partial charge in [-0.3, -0.25) is 38.8 Å². The van der Waals surface area contributed by atoms with Gasteiger partial charge in [-0.2, -0.15) is 0 Å². The minimum atomic E-state index is -0.637. The Labute approximate surface area is 751 Å². The number of nitrogens with zero attached hydrogens (tertiary/aromatic N) is 7. The number of nitrogens with two attached hydrogens (primary N) is 2. The van der Waals surface area contributed by atoms with E-state index in [4.69, 9.17) is 135 Å². The number of anilines is 1. The molecule has 11 aromatic rings. The van der Waals surface area contributed by atoms with Gasteiger partial charge in [-0.15, -0.1) is 24.8 Å². The number of pyridine rings is 2. The van der Waals surface area contributed by atoms with E-state index in [1.54, 1.807) is 90.4 Å². The van der Waals surface area contributed by atoms with E-state index >= 15 is 0 Å². The number of methoxy groups -OCH3 is 6. The number of halogens is 15. The number of benzene rings is 9. The number of amides is 4. The van der Waals surface area contributed by atoms with Gasteiger partial charge in [0.15, 0.2) is 80.8 Å². The summed E-state index contributed by atoms with van der Waals surface area (Å²) in [6, 6.07) is 33.8. The van der Waals surface area contributed by atoms with Gasteiger partial charge in [-0.1, -0.05) is 105 Å². The average molecular weight is 1880 g/mol. The normalized spacial score (nSPS) is 11.8. The smallest absolute Gasteiger partial charge is 0.261 e. The van der Waals surface area contributed by atoms with Crippen molar-refractivity contribution in [1.82, 2.24) is 24.7 Å². The number of hydrogen-bond acceptors (Lipinski definition) is 17. The molecule has 3 aliphatic rings. The van der Waals surface area contributed by atoms with Crippen LogP contribution >= 0.6 is 106 Å². The zero-order valence-electron chi connectivity index (χ0n) is 66.5. The molecule has 0 bridgehead atoms. The molecule has 2 aromatic heterocycles. The van der Waals surface area contributed by atoms with Crippen LogP contribution in [-0.4, -0.2) is 115 Å². The Hall–Kier alpha value is -10.8. The highest BCUT2D eigenvalue weighted by Crippen LogP contribution is 2.40. The zero-order chi connectivity index (χ0) is 88.8. The quantitative estimate of drug-likeness (QED) is 0.0321. The first-order chi connectivity index (χ1) is 57.8. The van der Waals surface area contributed by atoms with E-state index in [0.29, 0.717) is 101 Å². The van der Waals surface area contributed by atoms with Crippen molar-refractivity contribution < 1.29 is 83.8 Å². The van der Waals surface area contributed by atoms with E-state index in [1.807, 2.05) is 12.1 Å². The number of imide groups is 1. The Balaban J connectivity index is 0.000000229. The van der Waals surface area contributed by atoms with Gasteiger partial charge in [0.25, 0.3) is 11.8 Å². The van der Waals surface area contributed by atoms with Gasteiger partial charge in [0, 0.05) is 117 Å². The van der Waals surface area contributed by atoms with Crippen molar-refractivity contribution in [3.05, 3.63) is 293 Å². The monoisotopic (exact) mass is 1870 g/mol. The van der Waals surface area contributed by atoms with Crippen LogP contribution in [-0.2, 0) is 68.3 Å². The number of aliphatic hydroxyl groups excluding tert-OH is 1. The first-order valence-corrected chi connectivity index (χ1v) is 38.5. The summed E-state index contributed by atoms with van der Waals surface area (Å²) >= 11 is 41.2. The molecule has 648 valence electrons. The third-order valence-corrected chi connectivity index (χ3v) is 20.5. The first kappa shape index (κ1) is 101. The fourth-order valence-electron chi connectivity index (χ4n) is 12.4. The Morgan fingerprint density at radius 3 is 1.23 bits per heavy atom. The lowest BCUT2D eigenvalue weighted by molar-refractivity contribution is -0.130. The standard InChI is InChI=1S/C23H20ClFN4O2.C16H11ClFNO3.C15H12ClN3O.2C8H9ClFNO.C8H8ClFO2.C8H6ClFO2.2ClH/c1-13(30)29-7-6-21-17(12-29)22(16-10-15(26-2)4-5-20(16)28-21)27-11-14-8-18(24)23(31-3)19(25)9-14;1-22-14-12(17)6-9(7-13(14)18)8-19-15(20)10-4-2-3-5-11(10)16(19)21;1-9(20)19-6-5-14-12(8-19)15(16)11-7-10(17-2)3-4-13(11)18-14;4*1-12-8-6(9)2-5(4-11)3-7(8)10;;/h4-5,8-10H,6-7,11-12H2,1,3H3,(H,27,28);2-7H,8H2,1H3;3-4,7H,5-6,8H2,1H3;2*2-3H,4,11H2,1H3;2-3,11H,4H2,1H3;2-4H,1H3;2*1H. The van der Waals surface area contributed by atoms with Crippen molar-refractivity contribution >= 4 is 175 Å². The van der Waals surface area contributed by atoms with Crippen LogP contribution in [0.4, 0.5) is 43.4 Å². The Kier molecular flexibility index (Phi) is 38.7. The molecule has 14 rings (SSSR count). The van der Waals surface area contributed by atoms with Crippen LogP contribution in [0.15, 0.2) is 133 Å². The molecule has 0 spiro atoms. The van der Waals surface area contributed by atoms with Crippen LogP contribution < -0.4 is 45.2 Å². The number of carbonyl (C=O) groups is 5. The van der Waals surface area contributed by atoms with E-state index < -0.39 is 46.7 Å². The third-order valence-electron chi connectivity index (χ3n) is 18.3. The molecule has 0 saturated carbocycles. The van der Waals surface area contributed by atoms with Crippen molar-refractivity contribution in [2.24, 2.45) is 11.5 Å². The van der Waals surface area contributed by atoms with Gasteiger partial charge in [0.2, 0.25) is 11.8 Å². The van der Waals surface area contributed by atoms with E-state index in [1.165, 1.54) is 91.2 Å². The van der Waals surface area contributed by atoms with Crippen LogP contribution in [0.5, 0.6) is 34.5 Å². The maximum Gasteiger partial charge on any atom is 0.261 e. The summed E-state index contributed by atoms with van der Waals surface area (Å²) in [5.74, 6) is -4.04. The van der Waals surface area contributed by atoms with Gasteiger partial charge >= 0.3 is 0 Å². The van der Waals surface area contributed by atoms with Crippen LogP contribution in [0.2, 0.25) is 35.2 Å². The maximum absolute atomic E-state index is 14.3. The van der Waals surface area contributed by atoms with E-state index in [2.05, 4.69) is 29.5 Å². The average Bonchev–Trinajstić information content (AvgIpc) is 1.06. The molecular weight excluding hydrogens is 1800 g/mol. The second-order valence-electron chi connectivity index (χ2n) is 26.0. The summed E-state index contributed by atoms with van der Waals surface area (Å²) in [5, 5.41) is 15.3. The summed E-state index contributed by atoms with van der Waals surface area (Å²) in [4.78, 5) is 79.2. The number of ether oxygens (including phenoxy) is 6. The molecule has 123 heavy (non-hydrogen) atoms. The predicted octanol–water partition coefficient (Wildman–Crippen LogP) is 20.7.